The first-order valence-corrected chi connectivity index (χ1v) is 7.71. The van der Waals surface area contributed by atoms with E-state index in [0.29, 0.717) is 0 Å². The highest BCUT2D eigenvalue weighted by Crippen LogP contribution is 2.42. The second-order valence-electron chi connectivity index (χ2n) is 6.35. The molecule has 2 aliphatic rings. The standard InChI is InChI=1S/C17H26N2/c1-18-9-10-19(2)17-15-7-8-16(17)12-14-6-4-3-5-13(14)11-15/h3-6,15-18H,7-12H2,1-2H3. The van der Waals surface area contributed by atoms with Crippen LogP contribution in [0.2, 0.25) is 0 Å². The van der Waals surface area contributed by atoms with Crippen molar-refractivity contribution >= 4 is 0 Å². The third-order valence-corrected chi connectivity index (χ3v) is 5.18. The zero-order valence-corrected chi connectivity index (χ0v) is 12.2. The smallest absolute Gasteiger partial charge is 0.0156 e. The molecule has 0 aliphatic heterocycles. The molecule has 2 nitrogen and oxygen atoms in total. The van der Waals surface area contributed by atoms with Gasteiger partial charge in [-0.25, -0.2) is 0 Å². The van der Waals surface area contributed by atoms with Crippen molar-refractivity contribution in [2.75, 3.05) is 27.2 Å². The number of hydrogen-bond donors (Lipinski definition) is 1. The minimum absolute atomic E-state index is 0.792. The lowest BCUT2D eigenvalue weighted by Crippen LogP contribution is -2.42. The maximum absolute atomic E-state index is 3.28. The van der Waals surface area contributed by atoms with Crippen molar-refractivity contribution < 1.29 is 0 Å². The molecule has 1 aromatic carbocycles. The highest BCUT2D eigenvalue weighted by Gasteiger charge is 2.40. The molecule has 0 heterocycles. The van der Waals surface area contributed by atoms with Gasteiger partial charge in [-0.15, -0.1) is 0 Å². The van der Waals surface area contributed by atoms with Crippen LogP contribution in [-0.2, 0) is 12.8 Å². The molecular formula is C17H26N2. The number of nitrogens with one attached hydrogen (secondary N) is 1. The molecule has 0 amide bonds. The van der Waals surface area contributed by atoms with Crippen molar-refractivity contribution in [3.63, 3.8) is 0 Å². The predicted molar refractivity (Wildman–Crippen MR) is 80.4 cm³/mol. The van der Waals surface area contributed by atoms with Crippen molar-refractivity contribution in [2.24, 2.45) is 11.8 Å². The van der Waals surface area contributed by atoms with E-state index in [4.69, 9.17) is 0 Å². The highest BCUT2D eigenvalue weighted by molar-refractivity contribution is 5.30. The van der Waals surface area contributed by atoms with Gasteiger partial charge in [0.25, 0.3) is 0 Å². The van der Waals surface area contributed by atoms with Crippen LogP contribution in [0.3, 0.4) is 0 Å². The van der Waals surface area contributed by atoms with Gasteiger partial charge < -0.3 is 10.2 Å². The molecule has 1 saturated carbocycles. The Morgan fingerprint density at radius 2 is 1.68 bits per heavy atom. The quantitative estimate of drug-likeness (QED) is 0.892. The largest absolute Gasteiger partial charge is 0.318 e. The van der Waals surface area contributed by atoms with Crippen LogP contribution in [-0.4, -0.2) is 38.1 Å². The first-order valence-electron chi connectivity index (χ1n) is 7.71. The number of nitrogens with zero attached hydrogens (tertiary/aromatic N) is 1. The Bertz CT molecular complexity index is 396. The van der Waals surface area contributed by atoms with Crippen LogP contribution in [0.15, 0.2) is 24.3 Å². The van der Waals surface area contributed by atoms with Gasteiger partial charge in [-0.2, -0.15) is 0 Å². The van der Waals surface area contributed by atoms with Crippen molar-refractivity contribution in [3.05, 3.63) is 35.4 Å². The third kappa shape index (κ3) is 2.56. The van der Waals surface area contributed by atoms with Gasteiger partial charge in [-0.1, -0.05) is 24.3 Å². The van der Waals surface area contributed by atoms with E-state index in [1.807, 2.05) is 7.05 Å². The molecule has 0 spiro atoms. The van der Waals surface area contributed by atoms with Gasteiger partial charge in [0, 0.05) is 19.1 Å². The molecule has 2 bridgehead atoms. The lowest BCUT2D eigenvalue weighted by molar-refractivity contribution is 0.162. The van der Waals surface area contributed by atoms with E-state index in [2.05, 4.69) is 41.5 Å². The Balaban J connectivity index is 1.79. The van der Waals surface area contributed by atoms with Crippen LogP contribution >= 0.6 is 0 Å². The van der Waals surface area contributed by atoms with Gasteiger partial charge in [0.1, 0.15) is 0 Å². The van der Waals surface area contributed by atoms with E-state index in [1.165, 1.54) is 32.2 Å². The second-order valence-corrected chi connectivity index (χ2v) is 6.35. The lowest BCUT2D eigenvalue weighted by Gasteiger charge is -2.32. The summed E-state index contributed by atoms with van der Waals surface area (Å²) in [4.78, 5) is 2.62. The van der Waals surface area contributed by atoms with E-state index in [0.717, 1.165) is 24.4 Å². The monoisotopic (exact) mass is 258 g/mol. The fraction of sp³-hybridized carbons (Fsp3) is 0.647. The molecule has 2 unspecified atom stereocenters. The molecule has 0 aromatic heterocycles. The molecule has 1 aromatic rings. The van der Waals surface area contributed by atoms with Gasteiger partial charge >= 0.3 is 0 Å². The summed E-state index contributed by atoms with van der Waals surface area (Å²) in [6.45, 7) is 2.27. The van der Waals surface area contributed by atoms with Crippen LogP contribution in [0, 0.1) is 11.8 Å². The summed E-state index contributed by atoms with van der Waals surface area (Å²) in [7, 11) is 4.37. The van der Waals surface area contributed by atoms with Gasteiger partial charge in [0.05, 0.1) is 0 Å². The van der Waals surface area contributed by atoms with Crippen LogP contribution in [0.1, 0.15) is 24.0 Å². The average molecular weight is 258 g/mol. The molecular weight excluding hydrogens is 232 g/mol. The summed E-state index contributed by atoms with van der Waals surface area (Å²) >= 11 is 0. The molecule has 3 rings (SSSR count). The molecule has 104 valence electrons. The summed E-state index contributed by atoms with van der Waals surface area (Å²) in [5.41, 5.74) is 3.23. The van der Waals surface area contributed by atoms with Crippen molar-refractivity contribution in [2.45, 2.75) is 31.7 Å². The van der Waals surface area contributed by atoms with E-state index < -0.39 is 0 Å². The molecule has 1 fully saturated rings. The minimum Gasteiger partial charge on any atom is -0.318 e. The summed E-state index contributed by atoms with van der Waals surface area (Å²) in [5.74, 6) is 1.74. The van der Waals surface area contributed by atoms with Gasteiger partial charge in [-0.3, -0.25) is 0 Å². The van der Waals surface area contributed by atoms with E-state index in [-0.39, 0.29) is 0 Å². The number of likely N-dealkylation sites (N-methyl/N-ethyl adjacent to an activating group) is 2. The molecule has 2 atom stereocenters. The minimum atomic E-state index is 0.792. The Morgan fingerprint density at radius 3 is 2.21 bits per heavy atom. The van der Waals surface area contributed by atoms with Gasteiger partial charge in [-0.05, 0) is 62.7 Å². The first kappa shape index (κ1) is 13.1. The summed E-state index contributed by atoms with van der Waals surface area (Å²) in [6.07, 6.45) is 5.43. The predicted octanol–water partition coefficient (Wildman–Crippen LogP) is 2.33. The zero-order chi connectivity index (χ0) is 13.2. The molecule has 19 heavy (non-hydrogen) atoms. The van der Waals surface area contributed by atoms with E-state index in [1.54, 1.807) is 11.1 Å². The third-order valence-electron chi connectivity index (χ3n) is 5.18. The number of fused-ring (bicyclic) bond motifs is 3. The number of hydrogen-bond acceptors (Lipinski definition) is 2. The SMILES string of the molecule is CNCCN(C)C1C2CCC1Cc1ccccc1C2. The zero-order valence-electron chi connectivity index (χ0n) is 12.2. The maximum atomic E-state index is 3.28. The Kier molecular flexibility index (Phi) is 3.90. The summed E-state index contributed by atoms with van der Waals surface area (Å²) < 4.78 is 0. The van der Waals surface area contributed by atoms with E-state index in [9.17, 15) is 0 Å². The fourth-order valence-corrected chi connectivity index (χ4v) is 4.28. The number of rotatable bonds is 4. The van der Waals surface area contributed by atoms with Crippen LogP contribution in [0.5, 0.6) is 0 Å². The van der Waals surface area contributed by atoms with E-state index >= 15 is 0 Å². The molecule has 2 heteroatoms. The average Bonchev–Trinajstić information content (AvgIpc) is 2.71. The van der Waals surface area contributed by atoms with Crippen LogP contribution in [0.25, 0.3) is 0 Å². The summed E-state index contributed by atoms with van der Waals surface area (Å²) in [6, 6.07) is 9.90. The Morgan fingerprint density at radius 1 is 1.11 bits per heavy atom. The second kappa shape index (κ2) is 5.64. The Labute approximate surface area is 117 Å². The normalized spacial score (nSPS) is 29.3. The lowest BCUT2D eigenvalue weighted by atomic mass is 9.94. The molecule has 0 radical (unpaired) electrons. The number of benzene rings is 1. The molecule has 2 aliphatic carbocycles. The van der Waals surface area contributed by atoms with Gasteiger partial charge in [0.2, 0.25) is 0 Å². The van der Waals surface area contributed by atoms with Gasteiger partial charge in [0.15, 0.2) is 0 Å². The maximum Gasteiger partial charge on any atom is 0.0156 e. The van der Waals surface area contributed by atoms with Crippen molar-refractivity contribution in [3.8, 4) is 0 Å². The molecule has 0 saturated heterocycles. The van der Waals surface area contributed by atoms with Crippen molar-refractivity contribution in [1.82, 2.24) is 10.2 Å². The topological polar surface area (TPSA) is 15.3 Å². The highest BCUT2D eigenvalue weighted by atomic mass is 15.2. The van der Waals surface area contributed by atoms with Crippen molar-refractivity contribution in [1.29, 1.82) is 0 Å². The van der Waals surface area contributed by atoms with Crippen LogP contribution < -0.4 is 5.32 Å². The van der Waals surface area contributed by atoms with Crippen LogP contribution in [0.4, 0.5) is 0 Å². The first-order chi connectivity index (χ1) is 9.29. The Hall–Kier alpha value is -0.860. The fourth-order valence-electron chi connectivity index (χ4n) is 4.28. The molecule has 1 N–H and O–H groups in total. The summed E-state index contributed by atoms with van der Waals surface area (Å²) in [5, 5.41) is 3.28.